The first-order valence-corrected chi connectivity index (χ1v) is 5.29. The smallest absolute Gasteiger partial charge is 0.0946 e. The number of hydrogen-bond donors (Lipinski definition) is 2. The zero-order chi connectivity index (χ0) is 11.5. The molecule has 0 aliphatic carbocycles. The number of nitrogens with zero attached hydrogens (tertiary/aromatic N) is 1. The van der Waals surface area contributed by atoms with E-state index in [9.17, 15) is 0 Å². The minimum atomic E-state index is 0.431. The highest BCUT2D eigenvalue weighted by molar-refractivity contribution is 6.33. The highest BCUT2D eigenvalue weighted by Gasteiger charge is 2.08. The molecule has 0 amide bonds. The summed E-state index contributed by atoms with van der Waals surface area (Å²) in [6.45, 7) is 0.431. The van der Waals surface area contributed by atoms with Crippen LogP contribution in [-0.4, -0.2) is 4.98 Å². The lowest BCUT2D eigenvalue weighted by atomic mass is 10.1. The predicted octanol–water partition coefficient (Wildman–Crippen LogP) is 2.44. The number of anilines is 1. The van der Waals surface area contributed by atoms with Gasteiger partial charge in [-0.2, -0.15) is 0 Å². The summed E-state index contributed by atoms with van der Waals surface area (Å²) in [5.74, 6) is 0. The van der Waals surface area contributed by atoms with Gasteiger partial charge in [-0.15, -0.1) is 0 Å². The molecule has 4 heteroatoms. The lowest BCUT2D eigenvalue weighted by Gasteiger charge is -2.07. The van der Waals surface area contributed by atoms with Gasteiger partial charge in [0.05, 0.1) is 16.4 Å². The summed E-state index contributed by atoms with van der Waals surface area (Å²) in [5.41, 5.74) is 14.5. The number of rotatable bonds is 2. The van der Waals surface area contributed by atoms with Gasteiger partial charge in [-0.3, -0.25) is 4.98 Å². The fourth-order valence-corrected chi connectivity index (χ4v) is 1.74. The van der Waals surface area contributed by atoms with Crippen LogP contribution in [0.25, 0.3) is 11.3 Å². The van der Waals surface area contributed by atoms with E-state index in [1.165, 1.54) is 0 Å². The molecule has 3 nitrogen and oxygen atoms in total. The van der Waals surface area contributed by atoms with Gasteiger partial charge in [0, 0.05) is 18.3 Å². The first-order valence-electron chi connectivity index (χ1n) is 4.91. The summed E-state index contributed by atoms with van der Waals surface area (Å²) in [6.07, 6.45) is 1.72. The molecule has 0 unspecified atom stereocenters. The Morgan fingerprint density at radius 3 is 2.62 bits per heavy atom. The van der Waals surface area contributed by atoms with Gasteiger partial charge in [-0.25, -0.2) is 0 Å². The Morgan fingerprint density at radius 1 is 1.25 bits per heavy atom. The second kappa shape index (κ2) is 4.51. The molecule has 2 rings (SSSR count). The zero-order valence-electron chi connectivity index (χ0n) is 8.65. The van der Waals surface area contributed by atoms with Gasteiger partial charge in [0.25, 0.3) is 0 Å². The topological polar surface area (TPSA) is 64.9 Å². The second-order valence-electron chi connectivity index (χ2n) is 3.47. The van der Waals surface area contributed by atoms with Crippen LogP contribution < -0.4 is 11.5 Å². The molecule has 0 atom stereocenters. The van der Waals surface area contributed by atoms with Crippen LogP contribution in [-0.2, 0) is 6.54 Å². The lowest BCUT2D eigenvalue weighted by molar-refractivity contribution is 1.05. The quantitative estimate of drug-likeness (QED) is 0.838. The Hall–Kier alpha value is -1.58. The van der Waals surface area contributed by atoms with E-state index in [-0.39, 0.29) is 0 Å². The number of benzene rings is 1. The number of nitrogens with two attached hydrogens (primary N) is 2. The first kappa shape index (κ1) is 10.9. The molecule has 0 saturated heterocycles. The van der Waals surface area contributed by atoms with Gasteiger partial charge >= 0.3 is 0 Å². The van der Waals surface area contributed by atoms with Crippen molar-refractivity contribution in [3.05, 3.63) is 47.1 Å². The van der Waals surface area contributed by atoms with Crippen LogP contribution in [0.2, 0.25) is 5.02 Å². The maximum Gasteiger partial charge on any atom is 0.0946 e. The molecular formula is C12H12ClN3. The fourth-order valence-electron chi connectivity index (χ4n) is 1.52. The van der Waals surface area contributed by atoms with Crippen molar-refractivity contribution < 1.29 is 0 Å². The molecular weight excluding hydrogens is 222 g/mol. The number of pyridine rings is 1. The second-order valence-corrected chi connectivity index (χ2v) is 3.87. The minimum absolute atomic E-state index is 0.431. The van der Waals surface area contributed by atoms with Crippen molar-refractivity contribution in [1.82, 2.24) is 4.98 Å². The van der Waals surface area contributed by atoms with Gasteiger partial charge in [0.1, 0.15) is 0 Å². The first-order chi connectivity index (χ1) is 7.72. The maximum absolute atomic E-state index is 6.08. The molecule has 0 aliphatic rings. The molecule has 0 fully saturated rings. The largest absolute Gasteiger partial charge is 0.397 e. The molecule has 0 aliphatic heterocycles. The van der Waals surface area contributed by atoms with Crippen LogP contribution >= 0.6 is 11.6 Å². The van der Waals surface area contributed by atoms with Gasteiger partial charge in [0.15, 0.2) is 0 Å². The SMILES string of the molecule is NCc1cnc(-c2ccccc2Cl)c(N)c1. The van der Waals surface area contributed by atoms with Crippen molar-refractivity contribution in [3.8, 4) is 11.3 Å². The molecule has 0 bridgehead atoms. The molecule has 4 N–H and O–H groups in total. The highest BCUT2D eigenvalue weighted by Crippen LogP contribution is 2.30. The summed E-state index contributed by atoms with van der Waals surface area (Å²) in [6, 6.07) is 9.30. The predicted molar refractivity (Wildman–Crippen MR) is 67.0 cm³/mol. The van der Waals surface area contributed by atoms with Crippen LogP contribution in [0.3, 0.4) is 0 Å². The number of hydrogen-bond acceptors (Lipinski definition) is 3. The number of aromatic nitrogens is 1. The van der Waals surface area contributed by atoms with Crippen LogP contribution in [0.15, 0.2) is 36.5 Å². The molecule has 1 aromatic heterocycles. The third-order valence-corrected chi connectivity index (χ3v) is 2.67. The molecule has 0 saturated carbocycles. The van der Waals surface area contributed by atoms with Crippen LogP contribution in [0, 0.1) is 0 Å². The van der Waals surface area contributed by atoms with E-state index in [0.717, 1.165) is 11.1 Å². The third kappa shape index (κ3) is 2.01. The highest BCUT2D eigenvalue weighted by atomic mass is 35.5. The van der Waals surface area contributed by atoms with Crippen molar-refractivity contribution in [2.24, 2.45) is 5.73 Å². The average molecular weight is 234 g/mol. The van der Waals surface area contributed by atoms with E-state index in [1.807, 2.05) is 30.3 Å². The van der Waals surface area contributed by atoms with E-state index in [1.54, 1.807) is 6.20 Å². The van der Waals surface area contributed by atoms with Gasteiger partial charge in [-0.1, -0.05) is 29.8 Å². The summed E-state index contributed by atoms with van der Waals surface area (Å²) in [5, 5.41) is 0.641. The molecule has 1 aromatic carbocycles. The molecule has 0 radical (unpaired) electrons. The van der Waals surface area contributed by atoms with E-state index in [0.29, 0.717) is 22.9 Å². The Balaban J connectivity index is 2.53. The normalized spacial score (nSPS) is 10.4. The Labute approximate surface area is 99.1 Å². The van der Waals surface area contributed by atoms with Gasteiger partial charge in [0.2, 0.25) is 0 Å². The molecule has 2 aromatic rings. The van der Waals surface area contributed by atoms with Crippen LogP contribution in [0.5, 0.6) is 0 Å². The average Bonchev–Trinajstić information content (AvgIpc) is 2.30. The van der Waals surface area contributed by atoms with Crippen LogP contribution in [0.4, 0.5) is 5.69 Å². The molecule has 16 heavy (non-hydrogen) atoms. The van der Waals surface area contributed by atoms with Gasteiger partial charge < -0.3 is 11.5 Å². The number of nitrogen functional groups attached to an aromatic ring is 1. The van der Waals surface area contributed by atoms with E-state index < -0.39 is 0 Å². The Bertz CT molecular complexity index is 511. The van der Waals surface area contributed by atoms with Crippen molar-refractivity contribution in [2.45, 2.75) is 6.54 Å². The zero-order valence-corrected chi connectivity index (χ0v) is 9.41. The van der Waals surface area contributed by atoms with E-state index >= 15 is 0 Å². The van der Waals surface area contributed by atoms with Gasteiger partial charge in [-0.05, 0) is 17.7 Å². The van der Waals surface area contributed by atoms with E-state index in [4.69, 9.17) is 23.1 Å². The molecule has 1 heterocycles. The van der Waals surface area contributed by atoms with Crippen LogP contribution in [0.1, 0.15) is 5.56 Å². The fraction of sp³-hybridized carbons (Fsp3) is 0.0833. The van der Waals surface area contributed by atoms with Crippen molar-refractivity contribution >= 4 is 17.3 Å². The standard InChI is InChI=1S/C12H12ClN3/c13-10-4-2-1-3-9(10)12-11(15)5-8(6-14)7-16-12/h1-5,7H,6,14-15H2. The van der Waals surface area contributed by atoms with Crippen molar-refractivity contribution in [3.63, 3.8) is 0 Å². The Kier molecular flexibility index (Phi) is 3.08. The summed E-state index contributed by atoms with van der Waals surface area (Å²) in [7, 11) is 0. The number of halogens is 1. The van der Waals surface area contributed by atoms with E-state index in [2.05, 4.69) is 4.98 Å². The summed E-state index contributed by atoms with van der Waals surface area (Å²) in [4.78, 5) is 4.29. The molecule has 82 valence electrons. The maximum atomic E-state index is 6.08. The van der Waals surface area contributed by atoms with Crippen molar-refractivity contribution in [2.75, 3.05) is 5.73 Å². The Morgan fingerprint density at radius 2 is 2.00 bits per heavy atom. The monoisotopic (exact) mass is 233 g/mol. The molecule has 0 spiro atoms. The summed E-state index contributed by atoms with van der Waals surface area (Å²) >= 11 is 6.08. The minimum Gasteiger partial charge on any atom is -0.397 e. The summed E-state index contributed by atoms with van der Waals surface area (Å²) < 4.78 is 0. The lowest BCUT2D eigenvalue weighted by Crippen LogP contribution is -2.01. The third-order valence-electron chi connectivity index (χ3n) is 2.34. The van der Waals surface area contributed by atoms with Crippen molar-refractivity contribution in [1.29, 1.82) is 0 Å².